The van der Waals surface area contributed by atoms with Gasteiger partial charge in [0.05, 0.1) is 26.4 Å². The molecular weight excluding hydrogens is 336 g/mol. The van der Waals surface area contributed by atoms with Gasteiger partial charge in [0.2, 0.25) is 0 Å². The van der Waals surface area contributed by atoms with E-state index >= 15 is 0 Å². The van der Waals surface area contributed by atoms with Gasteiger partial charge in [0, 0.05) is 39.3 Å². The van der Waals surface area contributed by atoms with E-state index in [4.69, 9.17) is 9.47 Å². The third kappa shape index (κ3) is 5.74. The van der Waals surface area contributed by atoms with Crippen molar-refractivity contribution in [2.24, 2.45) is 11.8 Å². The number of nitrogens with zero attached hydrogens (tertiary/aromatic N) is 2. The summed E-state index contributed by atoms with van der Waals surface area (Å²) in [6.07, 6.45) is 4.53. The predicted octanol–water partition coefficient (Wildman–Crippen LogP) is 0.876. The van der Waals surface area contributed by atoms with Crippen LogP contribution in [0.4, 0.5) is 9.59 Å². The summed E-state index contributed by atoms with van der Waals surface area (Å²) >= 11 is 0. The molecule has 8 nitrogen and oxygen atoms in total. The summed E-state index contributed by atoms with van der Waals surface area (Å²) < 4.78 is 10.6. The maximum absolute atomic E-state index is 12.2. The molecule has 0 bridgehead atoms. The molecule has 4 amide bonds. The summed E-state index contributed by atoms with van der Waals surface area (Å²) in [4.78, 5) is 28.0. The SMILES string of the molecule is O=C(NCC1CCCC(CNC(=O)N2CCOCC2)C1)N1CCOCC1. The highest BCUT2D eigenvalue weighted by atomic mass is 16.5. The molecule has 8 heteroatoms. The van der Waals surface area contributed by atoms with Gasteiger partial charge >= 0.3 is 12.1 Å². The molecule has 2 heterocycles. The van der Waals surface area contributed by atoms with Gasteiger partial charge in [-0.1, -0.05) is 6.42 Å². The summed E-state index contributed by atoms with van der Waals surface area (Å²) in [6.45, 7) is 6.65. The Labute approximate surface area is 155 Å². The van der Waals surface area contributed by atoms with Crippen molar-refractivity contribution in [3.05, 3.63) is 0 Å². The Bertz CT molecular complexity index is 424. The second-order valence-corrected chi connectivity index (χ2v) is 7.47. The largest absolute Gasteiger partial charge is 0.378 e. The van der Waals surface area contributed by atoms with E-state index in [9.17, 15) is 9.59 Å². The second-order valence-electron chi connectivity index (χ2n) is 7.47. The lowest BCUT2D eigenvalue weighted by atomic mass is 9.81. The summed E-state index contributed by atoms with van der Waals surface area (Å²) in [7, 11) is 0. The van der Waals surface area contributed by atoms with Gasteiger partial charge in [0.1, 0.15) is 0 Å². The molecule has 0 aromatic carbocycles. The molecule has 0 aromatic heterocycles. The normalized spacial score (nSPS) is 27.1. The van der Waals surface area contributed by atoms with Crippen molar-refractivity contribution < 1.29 is 19.1 Å². The Balaban J connectivity index is 1.34. The molecule has 2 N–H and O–H groups in total. The van der Waals surface area contributed by atoms with Gasteiger partial charge in [-0.15, -0.1) is 0 Å². The van der Waals surface area contributed by atoms with E-state index in [0.717, 1.165) is 38.8 Å². The van der Waals surface area contributed by atoms with Gasteiger partial charge in [0.15, 0.2) is 0 Å². The first-order chi connectivity index (χ1) is 12.7. The number of ether oxygens (including phenoxy) is 2. The lowest BCUT2D eigenvalue weighted by molar-refractivity contribution is 0.0523. The van der Waals surface area contributed by atoms with Crippen LogP contribution in [-0.2, 0) is 9.47 Å². The topological polar surface area (TPSA) is 83.1 Å². The third-order valence-electron chi connectivity index (χ3n) is 5.57. The van der Waals surface area contributed by atoms with Crippen LogP contribution in [0.1, 0.15) is 25.7 Å². The molecule has 1 aliphatic carbocycles. The molecule has 0 radical (unpaired) electrons. The highest BCUT2D eigenvalue weighted by molar-refractivity contribution is 5.74. The molecule has 3 aliphatic rings. The predicted molar refractivity (Wildman–Crippen MR) is 97.0 cm³/mol. The number of hydrogen-bond acceptors (Lipinski definition) is 4. The highest BCUT2D eigenvalue weighted by Crippen LogP contribution is 2.28. The van der Waals surface area contributed by atoms with Gasteiger partial charge in [-0.25, -0.2) is 9.59 Å². The quantitative estimate of drug-likeness (QED) is 0.772. The molecule has 2 atom stereocenters. The fourth-order valence-corrected chi connectivity index (χ4v) is 3.99. The highest BCUT2D eigenvalue weighted by Gasteiger charge is 2.25. The van der Waals surface area contributed by atoms with Crippen LogP contribution in [0, 0.1) is 11.8 Å². The zero-order valence-corrected chi connectivity index (χ0v) is 15.6. The zero-order valence-electron chi connectivity index (χ0n) is 15.6. The van der Waals surface area contributed by atoms with Crippen LogP contribution in [0.3, 0.4) is 0 Å². The first-order valence-electron chi connectivity index (χ1n) is 9.93. The summed E-state index contributed by atoms with van der Waals surface area (Å²) in [5, 5.41) is 6.16. The van der Waals surface area contributed by atoms with Gasteiger partial charge in [-0.2, -0.15) is 0 Å². The van der Waals surface area contributed by atoms with Crippen molar-refractivity contribution >= 4 is 12.1 Å². The molecule has 1 saturated carbocycles. The summed E-state index contributed by atoms with van der Waals surface area (Å²) in [5.41, 5.74) is 0. The molecule has 0 aromatic rings. The van der Waals surface area contributed by atoms with E-state index in [0.29, 0.717) is 64.4 Å². The fourth-order valence-electron chi connectivity index (χ4n) is 3.99. The van der Waals surface area contributed by atoms with Crippen LogP contribution in [0.5, 0.6) is 0 Å². The van der Waals surface area contributed by atoms with Crippen LogP contribution >= 0.6 is 0 Å². The second kappa shape index (κ2) is 9.97. The van der Waals surface area contributed by atoms with Crippen molar-refractivity contribution in [2.45, 2.75) is 25.7 Å². The van der Waals surface area contributed by atoms with E-state index < -0.39 is 0 Å². The average Bonchev–Trinajstić information content (AvgIpc) is 2.72. The van der Waals surface area contributed by atoms with E-state index in [-0.39, 0.29) is 12.1 Å². The summed E-state index contributed by atoms with van der Waals surface area (Å²) in [6, 6.07) is 0.0482. The number of rotatable bonds is 4. The Morgan fingerprint density at radius 3 is 1.62 bits per heavy atom. The summed E-state index contributed by atoms with van der Waals surface area (Å²) in [5.74, 6) is 0.998. The van der Waals surface area contributed by atoms with Crippen LogP contribution in [0.25, 0.3) is 0 Å². The van der Waals surface area contributed by atoms with Gasteiger partial charge in [-0.3, -0.25) is 0 Å². The molecule has 2 saturated heterocycles. The lowest BCUT2D eigenvalue weighted by Crippen LogP contribution is -2.48. The standard InChI is InChI=1S/C18H32N4O4/c23-17(21-4-8-25-9-5-21)19-13-15-2-1-3-16(12-15)14-20-18(24)22-6-10-26-11-7-22/h15-16H,1-14H2,(H,19,23)(H,20,24). The lowest BCUT2D eigenvalue weighted by Gasteiger charge is -2.32. The minimum absolute atomic E-state index is 0.0241. The van der Waals surface area contributed by atoms with Gasteiger partial charge in [0.25, 0.3) is 0 Å². The van der Waals surface area contributed by atoms with Gasteiger partial charge < -0.3 is 29.9 Å². The maximum atomic E-state index is 12.2. The first kappa shape index (κ1) is 19.2. The van der Waals surface area contributed by atoms with E-state index in [1.54, 1.807) is 0 Å². The monoisotopic (exact) mass is 368 g/mol. The van der Waals surface area contributed by atoms with Crippen LogP contribution in [0.15, 0.2) is 0 Å². The van der Waals surface area contributed by atoms with E-state index in [2.05, 4.69) is 10.6 Å². The molecular formula is C18H32N4O4. The number of nitrogens with one attached hydrogen (secondary N) is 2. The molecule has 2 unspecified atom stereocenters. The Kier molecular flexibility index (Phi) is 7.37. The molecule has 3 rings (SSSR count). The minimum Gasteiger partial charge on any atom is -0.378 e. The fraction of sp³-hybridized carbons (Fsp3) is 0.889. The number of urea groups is 2. The van der Waals surface area contributed by atoms with Crippen molar-refractivity contribution in [2.75, 3.05) is 65.7 Å². The van der Waals surface area contributed by atoms with Crippen molar-refractivity contribution in [3.63, 3.8) is 0 Å². The van der Waals surface area contributed by atoms with Crippen molar-refractivity contribution in [1.29, 1.82) is 0 Å². The smallest absolute Gasteiger partial charge is 0.317 e. The molecule has 3 fully saturated rings. The average molecular weight is 368 g/mol. The Morgan fingerprint density at radius 1 is 0.769 bits per heavy atom. The molecule has 26 heavy (non-hydrogen) atoms. The van der Waals surface area contributed by atoms with Gasteiger partial charge in [-0.05, 0) is 31.1 Å². The van der Waals surface area contributed by atoms with Crippen LogP contribution in [0.2, 0.25) is 0 Å². The van der Waals surface area contributed by atoms with Crippen molar-refractivity contribution in [1.82, 2.24) is 20.4 Å². The van der Waals surface area contributed by atoms with Crippen LogP contribution < -0.4 is 10.6 Å². The number of carbonyl (C=O) groups excluding carboxylic acids is 2. The minimum atomic E-state index is 0.0241. The van der Waals surface area contributed by atoms with Crippen LogP contribution in [-0.4, -0.2) is 87.6 Å². The zero-order chi connectivity index (χ0) is 18.2. The Morgan fingerprint density at radius 2 is 1.19 bits per heavy atom. The number of morpholine rings is 2. The first-order valence-corrected chi connectivity index (χ1v) is 9.93. The number of amides is 4. The van der Waals surface area contributed by atoms with E-state index in [1.807, 2.05) is 9.80 Å². The molecule has 148 valence electrons. The number of hydrogen-bond donors (Lipinski definition) is 2. The Hall–Kier alpha value is -1.54. The maximum Gasteiger partial charge on any atom is 0.317 e. The van der Waals surface area contributed by atoms with E-state index in [1.165, 1.54) is 0 Å². The number of carbonyl (C=O) groups is 2. The molecule has 2 aliphatic heterocycles. The van der Waals surface area contributed by atoms with Crippen molar-refractivity contribution in [3.8, 4) is 0 Å². The molecule has 0 spiro atoms. The third-order valence-corrected chi connectivity index (χ3v) is 5.57.